The highest BCUT2D eigenvalue weighted by atomic mass is 79.9. The number of hydrogen-bond donors (Lipinski definition) is 2. The van der Waals surface area contributed by atoms with E-state index in [2.05, 4.69) is 20.9 Å². The van der Waals surface area contributed by atoms with E-state index in [1.807, 2.05) is 0 Å². The number of aliphatic hydroxyl groups is 1. The molecule has 12 heavy (non-hydrogen) atoms. The minimum Gasteiger partial charge on any atom is -0.433 e. The van der Waals surface area contributed by atoms with Crippen molar-refractivity contribution in [2.24, 2.45) is 5.73 Å². The van der Waals surface area contributed by atoms with E-state index in [9.17, 15) is 5.11 Å². The molecule has 0 radical (unpaired) electrons. The van der Waals surface area contributed by atoms with Crippen LogP contribution in [0.15, 0.2) is 9.22 Å². The van der Waals surface area contributed by atoms with Gasteiger partial charge in [0.05, 0.1) is 5.69 Å². The highest BCUT2D eigenvalue weighted by Gasteiger charge is 2.20. The van der Waals surface area contributed by atoms with Crippen LogP contribution in [-0.4, -0.2) is 16.1 Å². The first-order chi connectivity index (χ1) is 5.52. The molecule has 2 atom stereocenters. The minimum absolute atomic E-state index is 0.358. The van der Waals surface area contributed by atoms with Gasteiger partial charge in [-0.2, -0.15) is 0 Å². The zero-order chi connectivity index (χ0) is 9.30. The Hall–Kier alpha value is -0.390. The van der Waals surface area contributed by atoms with Crippen LogP contribution in [0.5, 0.6) is 0 Å². The predicted octanol–water partition coefficient (Wildman–Crippen LogP) is 1.13. The van der Waals surface area contributed by atoms with Crippen molar-refractivity contribution in [1.82, 2.24) is 4.98 Å². The zero-order valence-electron chi connectivity index (χ0n) is 6.91. The molecule has 0 spiro atoms. The van der Waals surface area contributed by atoms with Crippen LogP contribution in [0.4, 0.5) is 0 Å². The molecule has 0 aliphatic heterocycles. The highest BCUT2D eigenvalue weighted by Crippen LogP contribution is 2.23. The molecule has 0 saturated heterocycles. The Labute approximate surface area is 78.9 Å². The minimum atomic E-state index is -0.788. The van der Waals surface area contributed by atoms with Gasteiger partial charge in [-0.3, -0.25) is 0 Å². The van der Waals surface area contributed by atoms with Crippen molar-refractivity contribution in [2.75, 3.05) is 0 Å². The van der Waals surface area contributed by atoms with Gasteiger partial charge in [-0.25, -0.2) is 4.98 Å². The quantitative estimate of drug-likeness (QED) is 0.805. The number of halogens is 1. The van der Waals surface area contributed by atoms with Crippen LogP contribution in [0.2, 0.25) is 0 Å². The summed E-state index contributed by atoms with van der Waals surface area (Å²) in [5.74, 6) is 0.428. The van der Waals surface area contributed by atoms with Crippen molar-refractivity contribution >= 4 is 15.9 Å². The average Bonchev–Trinajstić information content (AvgIpc) is 2.28. The summed E-state index contributed by atoms with van der Waals surface area (Å²) in [7, 11) is 0. The molecular formula is C7H11BrN2O2. The van der Waals surface area contributed by atoms with Crippen LogP contribution in [-0.2, 0) is 0 Å². The number of oxazole rings is 1. The van der Waals surface area contributed by atoms with Crippen LogP contribution in [0.1, 0.15) is 24.5 Å². The first-order valence-corrected chi connectivity index (χ1v) is 4.38. The number of aryl methyl sites for hydroxylation is 1. The summed E-state index contributed by atoms with van der Waals surface area (Å²) in [4.78, 5) is 4.32. The molecule has 0 aliphatic carbocycles. The van der Waals surface area contributed by atoms with Gasteiger partial charge in [-0.1, -0.05) is 0 Å². The molecular weight excluding hydrogens is 224 g/mol. The SMILES string of the molecule is Cc1nc(Br)oc1C(O)C(C)N. The van der Waals surface area contributed by atoms with Crippen LogP contribution in [0.3, 0.4) is 0 Å². The normalized spacial score (nSPS) is 16.1. The number of hydrogen-bond acceptors (Lipinski definition) is 4. The molecule has 3 N–H and O–H groups in total. The Morgan fingerprint density at radius 1 is 1.67 bits per heavy atom. The molecule has 0 fully saturated rings. The van der Waals surface area contributed by atoms with Gasteiger partial charge in [0.25, 0.3) is 4.80 Å². The Balaban J connectivity index is 2.94. The van der Waals surface area contributed by atoms with Crippen LogP contribution in [0, 0.1) is 6.92 Å². The number of nitrogens with zero attached hydrogens (tertiary/aromatic N) is 1. The third-order valence-corrected chi connectivity index (χ3v) is 1.91. The molecule has 2 unspecified atom stereocenters. The molecule has 4 nitrogen and oxygen atoms in total. The maximum atomic E-state index is 9.51. The third kappa shape index (κ3) is 1.85. The van der Waals surface area contributed by atoms with Crippen LogP contribution in [0.25, 0.3) is 0 Å². The summed E-state index contributed by atoms with van der Waals surface area (Å²) in [5, 5.41) is 9.51. The van der Waals surface area contributed by atoms with Gasteiger partial charge in [0.2, 0.25) is 0 Å². The summed E-state index contributed by atoms with van der Waals surface area (Å²) in [5.41, 5.74) is 6.15. The predicted molar refractivity (Wildman–Crippen MR) is 47.5 cm³/mol. The van der Waals surface area contributed by atoms with Crippen molar-refractivity contribution in [3.05, 3.63) is 16.3 Å². The van der Waals surface area contributed by atoms with Crippen molar-refractivity contribution in [1.29, 1.82) is 0 Å². The topological polar surface area (TPSA) is 72.3 Å². The maximum absolute atomic E-state index is 9.51. The third-order valence-electron chi connectivity index (χ3n) is 1.57. The van der Waals surface area contributed by atoms with Gasteiger partial charge < -0.3 is 15.3 Å². The van der Waals surface area contributed by atoms with Gasteiger partial charge >= 0.3 is 0 Å². The lowest BCUT2D eigenvalue weighted by atomic mass is 10.1. The fraction of sp³-hybridized carbons (Fsp3) is 0.571. The van der Waals surface area contributed by atoms with Crippen molar-refractivity contribution in [3.63, 3.8) is 0 Å². The molecule has 0 aromatic carbocycles. The summed E-state index contributed by atoms with van der Waals surface area (Å²) >= 11 is 3.07. The van der Waals surface area contributed by atoms with Gasteiger partial charge in [0.1, 0.15) is 6.10 Å². The van der Waals surface area contributed by atoms with E-state index < -0.39 is 6.10 Å². The van der Waals surface area contributed by atoms with Gasteiger partial charge in [0, 0.05) is 22.0 Å². The first kappa shape index (κ1) is 9.70. The molecule has 1 heterocycles. The molecule has 68 valence electrons. The average molecular weight is 235 g/mol. The lowest BCUT2D eigenvalue weighted by molar-refractivity contribution is 0.125. The van der Waals surface area contributed by atoms with E-state index in [0.29, 0.717) is 16.3 Å². The molecule has 0 amide bonds. The maximum Gasteiger partial charge on any atom is 0.264 e. The van der Waals surface area contributed by atoms with Gasteiger partial charge in [-0.15, -0.1) is 0 Å². The smallest absolute Gasteiger partial charge is 0.264 e. The Bertz CT molecular complexity index is 272. The molecule has 0 aliphatic rings. The molecule has 0 bridgehead atoms. The summed E-state index contributed by atoms with van der Waals surface area (Å²) in [6, 6.07) is -0.358. The number of aromatic nitrogens is 1. The lowest BCUT2D eigenvalue weighted by Gasteiger charge is -2.11. The number of nitrogens with two attached hydrogens (primary N) is 1. The Kier molecular flexibility index (Phi) is 2.87. The zero-order valence-corrected chi connectivity index (χ0v) is 8.50. The molecule has 0 saturated carbocycles. The van der Waals surface area contributed by atoms with E-state index >= 15 is 0 Å². The van der Waals surface area contributed by atoms with Crippen LogP contribution < -0.4 is 5.73 Å². The highest BCUT2D eigenvalue weighted by molar-refractivity contribution is 9.10. The van der Waals surface area contributed by atoms with E-state index in [1.54, 1.807) is 13.8 Å². The monoisotopic (exact) mass is 234 g/mol. The molecule has 1 aromatic rings. The van der Waals surface area contributed by atoms with Gasteiger partial charge in [-0.05, 0) is 13.8 Å². The Morgan fingerprint density at radius 2 is 2.25 bits per heavy atom. The second kappa shape index (κ2) is 3.55. The fourth-order valence-corrected chi connectivity index (χ4v) is 1.33. The second-order valence-corrected chi connectivity index (χ2v) is 3.40. The molecule has 5 heteroatoms. The van der Waals surface area contributed by atoms with E-state index in [1.165, 1.54) is 0 Å². The summed E-state index contributed by atoms with van der Waals surface area (Å²) < 4.78 is 5.11. The largest absolute Gasteiger partial charge is 0.433 e. The second-order valence-electron chi connectivity index (χ2n) is 2.72. The molecule has 1 aromatic heterocycles. The van der Waals surface area contributed by atoms with Gasteiger partial charge in [0.15, 0.2) is 5.76 Å². The Morgan fingerprint density at radius 3 is 2.58 bits per heavy atom. The summed E-state index contributed by atoms with van der Waals surface area (Å²) in [6.07, 6.45) is -0.788. The van der Waals surface area contributed by atoms with Crippen molar-refractivity contribution in [3.8, 4) is 0 Å². The molecule has 1 rings (SSSR count). The van der Waals surface area contributed by atoms with E-state index in [4.69, 9.17) is 10.2 Å². The first-order valence-electron chi connectivity index (χ1n) is 3.59. The number of aliphatic hydroxyl groups excluding tert-OH is 1. The van der Waals surface area contributed by atoms with E-state index in [0.717, 1.165) is 0 Å². The van der Waals surface area contributed by atoms with Crippen molar-refractivity contribution < 1.29 is 9.52 Å². The fourth-order valence-electron chi connectivity index (χ4n) is 0.888. The van der Waals surface area contributed by atoms with Crippen LogP contribution >= 0.6 is 15.9 Å². The van der Waals surface area contributed by atoms with Crippen molar-refractivity contribution in [2.45, 2.75) is 26.0 Å². The summed E-state index contributed by atoms with van der Waals surface area (Å²) in [6.45, 7) is 3.47. The standard InChI is InChI=1S/C7H11BrN2O2/c1-3(9)5(11)6-4(2)10-7(8)12-6/h3,5,11H,9H2,1-2H3. The number of rotatable bonds is 2. The lowest BCUT2D eigenvalue weighted by Crippen LogP contribution is -2.24. The van der Waals surface area contributed by atoms with E-state index in [-0.39, 0.29) is 6.04 Å².